The number of unbranched alkanes of at least 4 members (excludes halogenated alkanes) is 2. The Hall–Kier alpha value is -0.690. The minimum absolute atomic E-state index is 1.01. The van der Waals surface area contributed by atoms with Gasteiger partial charge in [-0.3, -0.25) is 0 Å². The SMILES string of the molecule is C=Cc1ccc(CCCCCS)cc1. The zero-order chi connectivity index (χ0) is 10.2. The van der Waals surface area contributed by atoms with Crippen molar-refractivity contribution < 1.29 is 0 Å². The normalized spacial score (nSPS) is 10.1. The Bertz CT molecular complexity index is 261. The van der Waals surface area contributed by atoms with Crippen molar-refractivity contribution in [3.05, 3.63) is 42.0 Å². The number of benzene rings is 1. The fourth-order valence-electron chi connectivity index (χ4n) is 1.44. The Morgan fingerprint density at radius 1 is 1.07 bits per heavy atom. The molecule has 0 bridgehead atoms. The number of thiol groups is 1. The van der Waals surface area contributed by atoms with Crippen LogP contribution in [0.1, 0.15) is 30.4 Å². The first kappa shape index (κ1) is 11.4. The molecule has 1 heteroatoms. The number of hydrogen-bond acceptors (Lipinski definition) is 1. The van der Waals surface area contributed by atoms with Gasteiger partial charge in [0, 0.05) is 0 Å². The Kier molecular flexibility index (Phi) is 5.46. The summed E-state index contributed by atoms with van der Waals surface area (Å²) >= 11 is 4.20. The third kappa shape index (κ3) is 4.01. The zero-order valence-electron chi connectivity index (χ0n) is 8.58. The zero-order valence-corrected chi connectivity index (χ0v) is 9.47. The van der Waals surface area contributed by atoms with Gasteiger partial charge >= 0.3 is 0 Å². The van der Waals surface area contributed by atoms with E-state index >= 15 is 0 Å². The summed E-state index contributed by atoms with van der Waals surface area (Å²) < 4.78 is 0. The molecule has 0 saturated heterocycles. The van der Waals surface area contributed by atoms with Gasteiger partial charge < -0.3 is 0 Å². The van der Waals surface area contributed by atoms with E-state index in [-0.39, 0.29) is 0 Å². The fraction of sp³-hybridized carbons (Fsp3) is 0.385. The van der Waals surface area contributed by atoms with Gasteiger partial charge in [0.15, 0.2) is 0 Å². The second kappa shape index (κ2) is 6.72. The van der Waals surface area contributed by atoms with E-state index in [4.69, 9.17) is 0 Å². The standard InChI is InChI=1S/C13H18S/c1-2-12-7-9-13(10-8-12)6-4-3-5-11-14/h2,7-10,14H,1,3-6,11H2. The molecule has 0 fully saturated rings. The van der Waals surface area contributed by atoms with Gasteiger partial charge in [-0.15, -0.1) is 0 Å². The molecule has 14 heavy (non-hydrogen) atoms. The number of hydrogen-bond donors (Lipinski definition) is 1. The lowest BCUT2D eigenvalue weighted by molar-refractivity contribution is 0.723. The van der Waals surface area contributed by atoms with Crippen LogP contribution in [0.25, 0.3) is 6.08 Å². The molecule has 0 spiro atoms. The van der Waals surface area contributed by atoms with Gasteiger partial charge in [0.1, 0.15) is 0 Å². The molecule has 0 radical (unpaired) electrons. The van der Waals surface area contributed by atoms with Crippen LogP contribution in [0.4, 0.5) is 0 Å². The predicted octanol–water partition coefficient (Wildman–Crippen LogP) is 3.97. The van der Waals surface area contributed by atoms with Crippen LogP contribution in [0.5, 0.6) is 0 Å². The third-order valence-electron chi connectivity index (χ3n) is 2.34. The van der Waals surface area contributed by atoms with Crippen molar-refractivity contribution >= 4 is 18.7 Å². The molecule has 0 aliphatic heterocycles. The molecule has 0 unspecified atom stereocenters. The maximum atomic E-state index is 4.20. The topological polar surface area (TPSA) is 0 Å². The van der Waals surface area contributed by atoms with Crippen molar-refractivity contribution in [2.45, 2.75) is 25.7 Å². The van der Waals surface area contributed by atoms with E-state index in [2.05, 4.69) is 43.5 Å². The van der Waals surface area contributed by atoms with Crippen molar-refractivity contribution in [1.82, 2.24) is 0 Å². The van der Waals surface area contributed by atoms with E-state index in [0.717, 1.165) is 5.75 Å². The highest BCUT2D eigenvalue weighted by Crippen LogP contribution is 2.09. The lowest BCUT2D eigenvalue weighted by atomic mass is 10.1. The summed E-state index contributed by atoms with van der Waals surface area (Å²) in [6, 6.07) is 8.64. The predicted molar refractivity (Wildman–Crippen MR) is 67.9 cm³/mol. The van der Waals surface area contributed by atoms with Gasteiger partial charge in [-0.25, -0.2) is 0 Å². The summed E-state index contributed by atoms with van der Waals surface area (Å²) in [6.45, 7) is 3.74. The Labute approximate surface area is 92.5 Å². The van der Waals surface area contributed by atoms with Crippen LogP contribution in [-0.4, -0.2) is 5.75 Å². The molecule has 0 nitrogen and oxygen atoms in total. The van der Waals surface area contributed by atoms with E-state index in [1.807, 2.05) is 6.08 Å². The second-order valence-electron chi connectivity index (χ2n) is 3.48. The summed E-state index contributed by atoms with van der Waals surface area (Å²) in [5.41, 5.74) is 2.62. The average molecular weight is 206 g/mol. The van der Waals surface area contributed by atoms with E-state index in [9.17, 15) is 0 Å². The monoisotopic (exact) mass is 206 g/mol. The highest BCUT2D eigenvalue weighted by atomic mass is 32.1. The van der Waals surface area contributed by atoms with Crippen molar-refractivity contribution in [2.75, 3.05) is 5.75 Å². The quantitative estimate of drug-likeness (QED) is 0.528. The molecule has 0 aliphatic carbocycles. The minimum atomic E-state index is 1.01. The van der Waals surface area contributed by atoms with Crippen LogP contribution in [-0.2, 0) is 6.42 Å². The Balaban J connectivity index is 2.32. The largest absolute Gasteiger partial charge is 0.179 e. The van der Waals surface area contributed by atoms with Crippen molar-refractivity contribution in [2.24, 2.45) is 0 Å². The van der Waals surface area contributed by atoms with Crippen LogP contribution in [0.2, 0.25) is 0 Å². The fourth-order valence-corrected chi connectivity index (χ4v) is 1.66. The van der Waals surface area contributed by atoms with E-state index in [1.165, 1.54) is 36.8 Å². The molecule has 76 valence electrons. The minimum Gasteiger partial charge on any atom is -0.179 e. The van der Waals surface area contributed by atoms with Gasteiger partial charge in [0.25, 0.3) is 0 Å². The lowest BCUT2D eigenvalue weighted by Crippen LogP contribution is -1.86. The van der Waals surface area contributed by atoms with Crippen molar-refractivity contribution in [3.8, 4) is 0 Å². The summed E-state index contributed by atoms with van der Waals surface area (Å²) in [5, 5.41) is 0. The van der Waals surface area contributed by atoms with Crippen molar-refractivity contribution in [3.63, 3.8) is 0 Å². The van der Waals surface area contributed by atoms with Crippen LogP contribution >= 0.6 is 12.6 Å². The molecule has 0 heterocycles. The van der Waals surface area contributed by atoms with Crippen LogP contribution in [0.3, 0.4) is 0 Å². The highest BCUT2D eigenvalue weighted by molar-refractivity contribution is 7.80. The number of aryl methyl sites for hydroxylation is 1. The molecule has 1 aromatic rings. The maximum Gasteiger partial charge on any atom is -0.00979 e. The lowest BCUT2D eigenvalue weighted by Gasteiger charge is -2.01. The molecule has 1 rings (SSSR count). The summed E-state index contributed by atoms with van der Waals surface area (Å²) in [7, 11) is 0. The van der Waals surface area contributed by atoms with Crippen molar-refractivity contribution in [1.29, 1.82) is 0 Å². The second-order valence-corrected chi connectivity index (χ2v) is 3.93. The van der Waals surface area contributed by atoms with Gasteiger partial charge in [-0.05, 0) is 36.1 Å². The molecular formula is C13H18S. The van der Waals surface area contributed by atoms with E-state index in [0.29, 0.717) is 0 Å². The molecular weight excluding hydrogens is 188 g/mol. The van der Waals surface area contributed by atoms with Gasteiger partial charge in [0.05, 0.1) is 0 Å². The molecule has 0 N–H and O–H groups in total. The van der Waals surface area contributed by atoms with Gasteiger partial charge in [-0.1, -0.05) is 43.3 Å². The van der Waals surface area contributed by atoms with Crippen LogP contribution in [0.15, 0.2) is 30.8 Å². The smallest absolute Gasteiger partial charge is 0.00979 e. The Morgan fingerprint density at radius 3 is 2.36 bits per heavy atom. The first-order valence-electron chi connectivity index (χ1n) is 5.19. The van der Waals surface area contributed by atoms with E-state index < -0.39 is 0 Å². The summed E-state index contributed by atoms with van der Waals surface area (Å²) in [5.74, 6) is 1.01. The molecule has 1 aromatic carbocycles. The van der Waals surface area contributed by atoms with E-state index in [1.54, 1.807) is 0 Å². The third-order valence-corrected chi connectivity index (χ3v) is 2.66. The first-order valence-corrected chi connectivity index (χ1v) is 5.82. The maximum absolute atomic E-state index is 4.20. The molecule has 0 amide bonds. The van der Waals surface area contributed by atoms with Crippen LogP contribution < -0.4 is 0 Å². The van der Waals surface area contributed by atoms with Gasteiger partial charge in [0.2, 0.25) is 0 Å². The molecule has 0 aliphatic rings. The first-order chi connectivity index (χ1) is 6.86. The highest BCUT2D eigenvalue weighted by Gasteiger charge is 1.93. The van der Waals surface area contributed by atoms with Crippen LogP contribution in [0, 0.1) is 0 Å². The summed E-state index contributed by atoms with van der Waals surface area (Å²) in [6.07, 6.45) is 6.85. The summed E-state index contributed by atoms with van der Waals surface area (Å²) in [4.78, 5) is 0. The average Bonchev–Trinajstić information content (AvgIpc) is 2.25. The molecule has 0 saturated carbocycles. The molecule has 0 aromatic heterocycles. The number of rotatable bonds is 6. The van der Waals surface area contributed by atoms with Gasteiger partial charge in [-0.2, -0.15) is 12.6 Å². The molecule has 0 atom stereocenters. The Morgan fingerprint density at radius 2 is 1.79 bits per heavy atom.